The molecule has 0 saturated carbocycles. The van der Waals surface area contributed by atoms with Gasteiger partial charge in [-0.25, -0.2) is 14.5 Å². The Kier molecular flexibility index (Phi) is 6.97. The molecule has 0 bridgehead atoms. The molecule has 1 aliphatic rings. The normalized spacial score (nSPS) is 16.0. The average Bonchev–Trinajstić information content (AvgIpc) is 3.17. The number of rotatable bonds is 8. The first-order chi connectivity index (χ1) is 15.9. The molecule has 0 aromatic carbocycles. The summed E-state index contributed by atoms with van der Waals surface area (Å²) in [6.45, 7) is 8.36. The van der Waals surface area contributed by atoms with Crippen molar-refractivity contribution in [2.45, 2.75) is 65.0 Å². The van der Waals surface area contributed by atoms with Gasteiger partial charge in [0.1, 0.15) is 5.82 Å². The second-order valence-corrected chi connectivity index (χ2v) is 9.32. The molecule has 4 heterocycles. The molecule has 2 N–H and O–H groups in total. The van der Waals surface area contributed by atoms with Gasteiger partial charge in [-0.3, -0.25) is 0 Å². The Hall–Kier alpha value is -2.94. The fraction of sp³-hybridized carbons (Fsp3) is 0.583. The third-order valence-electron chi connectivity index (χ3n) is 6.43. The zero-order valence-electron chi connectivity index (χ0n) is 20.5. The maximum Gasteiger partial charge on any atom is 0.336 e. The van der Waals surface area contributed by atoms with Crippen molar-refractivity contribution in [1.82, 2.24) is 29.5 Å². The van der Waals surface area contributed by atoms with Crippen molar-refractivity contribution in [3.05, 3.63) is 35.3 Å². The van der Waals surface area contributed by atoms with Crippen LogP contribution < -0.4 is 15.4 Å². The van der Waals surface area contributed by atoms with E-state index in [0.717, 1.165) is 43.0 Å². The predicted octanol–water partition coefficient (Wildman–Crippen LogP) is 3.10. The van der Waals surface area contributed by atoms with Crippen LogP contribution in [-0.2, 0) is 6.42 Å². The van der Waals surface area contributed by atoms with Gasteiger partial charge >= 0.3 is 6.01 Å². The van der Waals surface area contributed by atoms with Crippen LogP contribution in [0.2, 0.25) is 0 Å². The molecule has 0 amide bonds. The molecular formula is C24H36N8O. The minimum atomic E-state index is 0.0287. The first kappa shape index (κ1) is 23.2. The topological polar surface area (TPSA) is 97.7 Å². The van der Waals surface area contributed by atoms with Gasteiger partial charge in [0, 0.05) is 31.7 Å². The van der Waals surface area contributed by atoms with Crippen molar-refractivity contribution >= 4 is 17.3 Å². The lowest BCUT2D eigenvalue weighted by atomic mass is 10.0. The number of imidazole rings is 1. The maximum atomic E-state index is 6.13. The second-order valence-electron chi connectivity index (χ2n) is 9.32. The number of nitrogens with two attached hydrogens (primary N) is 1. The summed E-state index contributed by atoms with van der Waals surface area (Å²) < 4.78 is 7.61. The monoisotopic (exact) mass is 452 g/mol. The maximum absolute atomic E-state index is 6.13. The zero-order chi connectivity index (χ0) is 23.5. The molecule has 1 atom stereocenters. The Bertz CT molecular complexity index is 1090. The highest BCUT2D eigenvalue weighted by atomic mass is 16.5. The van der Waals surface area contributed by atoms with Crippen LogP contribution in [0.25, 0.3) is 5.65 Å². The van der Waals surface area contributed by atoms with Crippen LogP contribution in [0, 0.1) is 6.92 Å². The highest BCUT2D eigenvalue weighted by Crippen LogP contribution is 2.25. The van der Waals surface area contributed by atoms with Crippen LogP contribution in [0.15, 0.2) is 18.5 Å². The summed E-state index contributed by atoms with van der Waals surface area (Å²) in [6.07, 6.45) is 8.74. The summed E-state index contributed by atoms with van der Waals surface area (Å²) in [7, 11) is 4.33. The Morgan fingerprint density at radius 1 is 1.21 bits per heavy atom. The Morgan fingerprint density at radius 3 is 2.64 bits per heavy atom. The van der Waals surface area contributed by atoms with Crippen LogP contribution in [0.4, 0.5) is 11.6 Å². The van der Waals surface area contributed by atoms with E-state index in [1.165, 1.54) is 18.4 Å². The molecule has 0 spiro atoms. The van der Waals surface area contributed by atoms with Crippen LogP contribution in [0.1, 0.15) is 56.4 Å². The number of anilines is 2. The van der Waals surface area contributed by atoms with E-state index in [1.807, 2.05) is 13.1 Å². The third-order valence-corrected chi connectivity index (χ3v) is 6.43. The number of hydrogen-bond acceptors (Lipinski definition) is 8. The third kappa shape index (κ3) is 5.19. The van der Waals surface area contributed by atoms with Gasteiger partial charge in [-0.05, 0) is 58.3 Å². The minimum Gasteiger partial charge on any atom is -0.459 e. The average molecular weight is 453 g/mol. The SMILES string of the molecule is CCC[C@@H](C)Oc1nc(N)c2ncc(Cc3cnc(N4CCC(N(C)C)CC4)c(C)c3)n2n1. The highest BCUT2D eigenvalue weighted by molar-refractivity contribution is 5.60. The Labute approximate surface area is 196 Å². The molecular weight excluding hydrogens is 416 g/mol. The van der Waals surface area contributed by atoms with Gasteiger partial charge in [-0.2, -0.15) is 4.98 Å². The van der Waals surface area contributed by atoms with Gasteiger partial charge < -0.3 is 20.3 Å². The van der Waals surface area contributed by atoms with Gasteiger partial charge in [0.2, 0.25) is 0 Å². The van der Waals surface area contributed by atoms with Crippen molar-refractivity contribution in [1.29, 1.82) is 0 Å². The fourth-order valence-electron chi connectivity index (χ4n) is 4.60. The van der Waals surface area contributed by atoms with E-state index < -0.39 is 0 Å². The number of nitrogens with zero attached hydrogens (tertiary/aromatic N) is 7. The number of nitrogen functional groups attached to an aromatic ring is 1. The zero-order valence-corrected chi connectivity index (χ0v) is 20.5. The van der Waals surface area contributed by atoms with Crippen LogP contribution in [0.3, 0.4) is 0 Å². The van der Waals surface area contributed by atoms with E-state index >= 15 is 0 Å². The summed E-state index contributed by atoms with van der Waals surface area (Å²) >= 11 is 0. The lowest BCUT2D eigenvalue weighted by molar-refractivity contribution is 0.189. The standard InChI is InChI=1S/C24H36N8O/c1-6-7-17(3)33-24-28-21(25)23-27-15-20(32(23)29-24)13-18-12-16(2)22(26-14-18)31-10-8-19(9-11-31)30(4)5/h12,14-15,17,19H,6-11,13H2,1-5H3,(H2,25,28,29)/t17-/m1/s1. The van der Waals surface area contributed by atoms with E-state index in [9.17, 15) is 0 Å². The molecule has 1 fully saturated rings. The summed E-state index contributed by atoms with van der Waals surface area (Å²) in [5.41, 5.74) is 9.91. The number of aromatic nitrogens is 5. The quantitative estimate of drug-likeness (QED) is 0.557. The van der Waals surface area contributed by atoms with E-state index in [-0.39, 0.29) is 12.1 Å². The first-order valence-electron chi connectivity index (χ1n) is 11.9. The van der Waals surface area contributed by atoms with Crippen molar-refractivity contribution in [2.24, 2.45) is 0 Å². The lowest BCUT2D eigenvalue weighted by Crippen LogP contribution is -2.42. The Balaban J connectivity index is 1.51. The van der Waals surface area contributed by atoms with Gasteiger partial charge in [-0.1, -0.05) is 19.4 Å². The molecule has 3 aromatic rings. The summed E-state index contributed by atoms with van der Waals surface area (Å²) in [4.78, 5) is 18.3. The van der Waals surface area contributed by atoms with Crippen molar-refractivity contribution in [3.8, 4) is 6.01 Å². The molecule has 9 nitrogen and oxygen atoms in total. The summed E-state index contributed by atoms with van der Waals surface area (Å²) in [5, 5.41) is 4.56. The lowest BCUT2D eigenvalue weighted by Gasteiger charge is -2.36. The molecule has 0 unspecified atom stereocenters. The molecule has 3 aromatic heterocycles. The summed E-state index contributed by atoms with van der Waals surface area (Å²) in [5.74, 6) is 1.40. The molecule has 1 saturated heterocycles. The van der Waals surface area contributed by atoms with Crippen molar-refractivity contribution in [3.63, 3.8) is 0 Å². The summed E-state index contributed by atoms with van der Waals surface area (Å²) in [6, 6.07) is 3.15. The van der Waals surface area contributed by atoms with Crippen LogP contribution in [0.5, 0.6) is 6.01 Å². The smallest absolute Gasteiger partial charge is 0.336 e. The van der Waals surface area contributed by atoms with E-state index in [1.54, 1.807) is 10.7 Å². The highest BCUT2D eigenvalue weighted by Gasteiger charge is 2.22. The number of aryl methyl sites for hydroxylation is 1. The molecule has 1 aliphatic heterocycles. The molecule has 178 valence electrons. The molecule has 33 heavy (non-hydrogen) atoms. The van der Waals surface area contributed by atoms with E-state index in [4.69, 9.17) is 15.5 Å². The number of pyridine rings is 1. The van der Waals surface area contributed by atoms with Gasteiger partial charge in [0.25, 0.3) is 0 Å². The number of fused-ring (bicyclic) bond motifs is 1. The number of piperidine rings is 1. The molecule has 0 aliphatic carbocycles. The Morgan fingerprint density at radius 2 is 1.97 bits per heavy atom. The van der Waals surface area contributed by atoms with Crippen LogP contribution in [-0.4, -0.2) is 68.8 Å². The molecule has 0 radical (unpaired) electrons. The van der Waals surface area contributed by atoms with Crippen LogP contribution >= 0.6 is 0 Å². The molecule has 9 heteroatoms. The first-order valence-corrected chi connectivity index (χ1v) is 11.9. The van der Waals surface area contributed by atoms with Gasteiger partial charge in [-0.15, -0.1) is 5.10 Å². The fourth-order valence-corrected chi connectivity index (χ4v) is 4.60. The van der Waals surface area contributed by atoms with E-state index in [0.29, 0.717) is 23.9 Å². The van der Waals surface area contributed by atoms with Gasteiger partial charge in [0.15, 0.2) is 11.5 Å². The molecule has 4 rings (SSSR count). The van der Waals surface area contributed by atoms with Crippen molar-refractivity contribution in [2.75, 3.05) is 37.8 Å². The number of ether oxygens (including phenoxy) is 1. The number of hydrogen-bond donors (Lipinski definition) is 1. The predicted molar refractivity (Wildman–Crippen MR) is 131 cm³/mol. The minimum absolute atomic E-state index is 0.0287. The largest absolute Gasteiger partial charge is 0.459 e. The van der Waals surface area contributed by atoms with Crippen molar-refractivity contribution < 1.29 is 4.74 Å². The van der Waals surface area contributed by atoms with E-state index in [2.05, 4.69) is 58.9 Å². The second kappa shape index (κ2) is 9.91. The van der Waals surface area contributed by atoms with Gasteiger partial charge in [0.05, 0.1) is 18.0 Å².